The molecule has 0 rings (SSSR count). The average molecular weight is 115 g/mol. The number of rotatable bonds is 1. The largest absolute Gasteiger partial charge is 1.00 e. The van der Waals surface area contributed by atoms with E-state index in [4.69, 9.17) is 0 Å². The molecule has 0 saturated heterocycles. The Morgan fingerprint density at radius 2 is 2.17 bits per heavy atom. The van der Waals surface area contributed by atoms with Crippen LogP contribution in [-0.4, -0.2) is 8.76 Å². The molecule has 1 unspecified atom stereocenters. The molecule has 2 nitrogen and oxygen atoms in total. The first-order valence-corrected chi connectivity index (χ1v) is 2.12. The summed E-state index contributed by atoms with van der Waals surface area (Å²) in [6.07, 6.45) is 0. The van der Waals surface area contributed by atoms with Gasteiger partial charge in [-0.05, 0) is 16.5 Å². The molecule has 1 atom stereocenters. The molecule has 0 aliphatic rings. The van der Waals surface area contributed by atoms with Crippen LogP contribution in [0.2, 0.25) is 0 Å². The molecule has 0 fully saturated rings. The van der Waals surface area contributed by atoms with Gasteiger partial charge in [0.15, 0.2) is 0 Å². The molecule has 0 saturated carbocycles. The molecule has 4 heteroatoms. The molecule has 0 bridgehead atoms. The third-order valence-electron chi connectivity index (χ3n) is 0.136. The summed E-state index contributed by atoms with van der Waals surface area (Å²) in [6.45, 7) is 2.95. The van der Waals surface area contributed by atoms with Gasteiger partial charge in [-0.3, -0.25) is 4.21 Å². The Morgan fingerprint density at radius 3 is 2.17 bits per heavy atom. The van der Waals surface area contributed by atoms with Crippen LogP contribution in [0.1, 0.15) is 1.43 Å². The fraction of sp³-hybridized carbons (Fsp3) is 0. The molecule has 6 heavy (non-hydrogen) atoms. The Hall–Kier alpha value is 0.850. The van der Waals surface area contributed by atoms with Crippen molar-refractivity contribution in [3.8, 4) is 0 Å². The first-order valence-electron chi connectivity index (χ1n) is 0.977. The molecule has 32 valence electrons. The molecule has 0 aromatic carbocycles. The zero-order valence-electron chi connectivity index (χ0n) is 4.51. The van der Waals surface area contributed by atoms with Gasteiger partial charge in [0.25, 0.3) is 0 Å². The topological polar surface area (TPSA) is 40.1 Å². The summed E-state index contributed by atoms with van der Waals surface area (Å²) in [6, 6.07) is 0. The Labute approximate surface area is 62.7 Å². The maximum atomic E-state index is 9.25. The zero-order valence-corrected chi connectivity index (χ0v) is 6.33. The quantitative estimate of drug-likeness (QED) is 0.272. The summed E-state index contributed by atoms with van der Waals surface area (Å²) in [4.78, 5) is 0. The molecule has 0 aromatic heterocycles. The van der Waals surface area contributed by atoms with Crippen LogP contribution in [0.4, 0.5) is 0 Å². The molecule has 0 radical (unpaired) electrons. The average Bonchev–Trinajstić information content (AvgIpc) is 1.38. The van der Waals surface area contributed by atoms with Crippen molar-refractivity contribution in [2.75, 3.05) is 0 Å². The van der Waals surface area contributed by atoms with Gasteiger partial charge in [0.05, 0.1) is 0 Å². The van der Waals surface area contributed by atoms with Gasteiger partial charge in [0.2, 0.25) is 0 Å². The van der Waals surface area contributed by atoms with Crippen molar-refractivity contribution in [2.24, 2.45) is 0 Å². The molecule has 0 aliphatic carbocycles. The van der Waals surface area contributed by atoms with Crippen LogP contribution >= 0.6 is 0 Å². The summed E-state index contributed by atoms with van der Waals surface area (Å²) in [5, 5.41) is 0.833. The van der Waals surface area contributed by atoms with E-state index >= 15 is 0 Å². The van der Waals surface area contributed by atoms with E-state index in [1.807, 2.05) is 0 Å². The van der Waals surface area contributed by atoms with Gasteiger partial charge in [-0.15, -0.1) is 0 Å². The van der Waals surface area contributed by atoms with Crippen molar-refractivity contribution < 1.29 is 39.7 Å². The normalized spacial score (nSPS) is 11.5. The summed E-state index contributed by atoms with van der Waals surface area (Å²) < 4.78 is 18.5. The third kappa shape index (κ3) is 8.85. The Kier molecular flexibility index (Phi) is 9.72. The van der Waals surface area contributed by atoms with Crippen molar-refractivity contribution >= 4 is 11.1 Å². The van der Waals surface area contributed by atoms with Gasteiger partial charge >= 0.3 is 29.6 Å². The van der Waals surface area contributed by atoms with E-state index < -0.39 is 11.1 Å². The molecule has 0 amide bonds. The van der Waals surface area contributed by atoms with Crippen molar-refractivity contribution in [1.29, 1.82) is 0 Å². The summed E-state index contributed by atoms with van der Waals surface area (Å²) >= 11 is -2.06. The van der Waals surface area contributed by atoms with E-state index in [-0.39, 0.29) is 31.0 Å². The van der Waals surface area contributed by atoms with Crippen LogP contribution in [0.5, 0.6) is 0 Å². The summed E-state index contributed by atoms with van der Waals surface area (Å²) in [5.41, 5.74) is 0. The molecule has 0 aliphatic heterocycles. The molecule has 0 spiro atoms. The smallest absolute Gasteiger partial charge is 1.00 e. The minimum Gasteiger partial charge on any atom is -1.00 e. The molecule has 0 N–H and O–H groups in total. The monoisotopic (exact) mass is 115 g/mol. The predicted octanol–water partition coefficient (Wildman–Crippen LogP) is -2.87. The van der Waals surface area contributed by atoms with Gasteiger partial charge in [-0.25, -0.2) is 0 Å². The van der Waals surface area contributed by atoms with Crippen LogP contribution in [0, 0.1) is 0 Å². The van der Waals surface area contributed by atoms with Crippen LogP contribution < -0.4 is 29.6 Å². The molecule has 0 aromatic rings. The Bertz CT molecular complexity index is 66.7. The first kappa shape index (κ1) is 9.97. The van der Waals surface area contributed by atoms with Gasteiger partial charge in [0.1, 0.15) is 0 Å². The minimum atomic E-state index is -2.06. The van der Waals surface area contributed by atoms with E-state index in [1.165, 1.54) is 0 Å². The van der Waals surface area contributed by atoms with Crippen LogP contribution in [0.15, 0.2) is 12.0 Å². The van der Waals surface area contributed by atoms with Crippen molar-refractivity contribution in [1.82, 2.24) is 0 Å². The standard InChI is InChI=1S/C2H4O2S.Na.H/c1-2-5(3)4;;/h2H,1H2,(H,3,4);;/q;+1;-1/p-1. The second-order valence-corrected chi connectivity index (χ2v) is 1.28. The fourth-order valence-corrected chi connectivity index (χ4v) is 0. The van der Waals surface area contributed by atoms with Crippen LogP contribution in [0.3, 0.4) is 0 Å². The van der Waals surface area contributed by atoms with E-state index in [9.17, 15) is 8.76 Å². The summed E-state index contributed by atoms with van der Waals surface area (Å²) in [7, 11) is 0. The van der Waals surface area contributed by atoms with E-state index in [0.29, 0.717) is 0 Å². The van der Waals surface area contributed by atoms with E-state index in [2.05, 4.69) is 6.58 Å². The van der Waals surface area contributed by atoms with Crippen molar-refractivity contribution in [3.05, 3.63) is 12.0 Å². The van der Waals surface area contributed by atoms with Gasteiger partial charge in [0, 0.05) is 0 Å². The zero-order chi connectivity index (χ0) is 4.28. The van der Waals surface area contributed by atoms with Gasteiger partial charge in [-0.1, -0.05) is 6.58 Å². The minimum absolute atomic E-state index is 0. The summed E-state index contributed by atoms with van der Waals surface area (Å²) in [5.74, 6) is 0. The number of hydrogen-bond acceptors (Lipinski definition) is 2. The maximum Gasteiger partial charge on any atom is 1.00 e. The number of hydrogen-bond donors (Lipinski definition) is 0. The SMILES string of the molecule is C=CS(=O)[O-].[H-].[Na+]. The third-order valence-corrected chi connectivity index (χ3v) is 0.408. The molecular formula is C2H4NaO2S-. The van der Waals surface area contributed by atoms with Crippen LogP contribution in [0.25, 0.3) is 0 Å². The maximum absolute atomic E-state index is 9.25. The van der Waals surface area contributed by atoms with Gasteiger partial charge < -0.3 is 5.98 Å². The first-order chi connectivity index (χ1) is 2.27. The Morgan fingerprint density at radius 1 is 2.00 bits per heavy atom. The second kappa shape index (κ2) is 5.85. The molecule has 0 heterocycles. The van der Waals surface area contributed by atoms with E-state index in [1.54, 1.807) is 0 Å². The Balaban J connectivity index is -0.0000000800. The predicted molar refractivity (Wildman–Crippen MR) is 20.2 cm³/mol. The van der Waals surface area contributed by atoms with Crippen molar-refractivity contribution in [3.63, 3.8) is 0 Å². The second-order valence-electron chi connectivity index (χ2n) is 0.427. The fourth-order valence-electron chi connectivity index (χ4n) is 0. The molecular weight excluding hydrogens is 111 g/mol. The van der Waals surface area contributed by atoms with Gasteiger partial charge in [-0.2, -0.15) is 0 Å². The van der Waals surface area contributed by atoms with E-state index in [0.717, 1.165) is 5.41 Å². The van der Waals surface area contributed by atoms with Crippen molar-refractivity contribution in [2.45, 2.75) is 0 Å². The van der Waals surface area contributed by atoms with Crippen LogP contribution in [-0.2, 0) is 11.1 Å².